The molecule has 0 heterocycles. The molecule has 1 radical (unpaired) electrons. The van der Waals surface area contributed by atoms with Crippen molar-refractivity contribution in [1.82, 2.24) is 0 Å². The maximum atomic E-state index is 2.29. The first-order valence-electron chi connectivity index (χ1n) is 8.55. The minimum absolute atomic E-state index is 1.37. The molecule has 0 spiro atoms. The topological polar surface area (TPSA) is 0 Å². The fraction of sp³-hybridized carbons (Fsp3) is 1.00. The summed E-state index contributed by atoms with van der Waals surface area (Å²) in [7, 11) is 1.71. The van der Waals surface area contributed by atoms with E-state index in [1.165, 1.54) is 95.8 Å². The van der Waals surface area contributed by atoms with E-state index in [1.54, 1.807) is 8.58 Å². The molecule has 0 aliphatic rings. The fourth-order valence-electron chi connectivity index (χ4n) is 2.30. The van der Waals surface area contributed by atoms with Crippen LogP contribution in [0.4, 0.5) is 0 Å². The van der Waals surface area contributed by atoms with Gasteiger partial charge in [0.25, 0.3) is 0 Å². The van der Waals surface area contributed by atoms with Crippen LogP contribution >= 0.6 is 8.58 Å². The number of rotatable bonds is 15. The lowest BCUT2D eigenvalue weighted by Gasteiger charge is -2.02. The molecule has 109 valence electrons. The molecule has 0 aromatic carbocycles. The number of unbranched alkanes of at least 4 members (excludes halogenated alkanes) is 11. The molecule has 0 saturated carbocycles. The molecule has 0 aromatic rings. The Balaban J connectivity index is 2.86. The van der Waals surface area contributed by atoms with E-state index < -0.39 is 0 Å². The summed E-state index contributed by atoms with van der Waals surface area (Å²) in [6.07, 6.45) is 21.8. The van der Waals surface area contributed by atoms with Crippen LogP contribution in [0.2, 0.25) is 0 Å². The van der Waals surface area contributed by atoms with Gasteiger partial charge in [-0.05, 0) is 25.2 Å². The van der Waals surface area contributed by atoms with Gasteiger partial charge in [0.15, 0.2) is 0 Å². The zero-order valence-corrected chi connectivity index (χ0v) is 13.9. The van der Waals surface area contributed by atoms with Crippen molar-refractivity contribution in [3.63, 3.8) is 0 Å². The van der Waals surface area contributed by atoms with Gasteiger partial charge in [-0.25, -0.2) is 0 Å². The van der Waals surface area contributed by atoms with Crippen LogP contribution in [0.5, 0.6) is 0 Å². The molecule has 0 unspecified atom stereocenters. The molecular formula is C17H36P. The normalized spacial score (nSPS) is 11.7. The summed E-state index contributed by atoms with van der Waals surface area (Å²) in [5.74, 6) is 0. The standard InChI is InChI=1S/C17H36P/c1-3-5-7-8-9-10-11-12-13-15-17-18-16-14-6-4-2/h3-17H2,1-2H3. The molecule has 0 fully saturated rings. The van der Waals surface area contributed by atoms with Gasteiger partial charge in [0, 0.05) is 0 Å². The second-order valence-electron chi connectivity index (χ2n) is 5.56. The minimum Gasteiger partial charge on any atom is -0.0810 e. The SMILES string of the molecule is CCCCCCCCCCCC[P]CCCCC. The lowest BCUT2D eigenvalue weighted by molar-refractivity contribution is 0.563. The van der Waals surface area contributed by atoms with E-state index in [4.69, 9.17) is 0 Å². The predicted molar refractivity (Wildman–Crippen MR) is 88.0 cm³/mol. The first-order valence-corrected chi connectivity index (χ1v) is 9.81. The molecule has 0 atom stereocenters. The molecule has 0 aliphatic heterocycles. The van der Waals surface area contributed by atoms with Crippen LogP contribution < -0.4 is 0 Å². The summed E-state index contributed by atoms with van der Waals surface area (Å²) in [4.78, 5) is 0. The van der Waals surface area contributed by atoms with Crippen molar-refractivity contribution in [1.29, 1.82) is 0 Å². The Morgan fingerprint density at radius 3 is 1.28 bits per heavy atom. The lowest BCUT2D eigenvalue weighted by Crippen LogP contribution is -1.84. The lowest BCUT2D eigenvalue weighted by atomic mass is 10.1. The first-order chi connectivity index (χ1) is 8.91. The third-order valence-corrected chi connectivity index (χ3v) is 4.85. The minimum atomic E-state index is 1.37. The predicted octanol–water partition coefficient (Wildman–Crippen LogP) is 7.04. The third-order valence-electron chi connectivity index (χ3n) is 3.59. The van der Waals surface area contributed by atoms with Crippen molar-refractivity contribution in [3.8, 4) is 0 Å². The Kier molecular flexibility index (Phi) is 17.8. The van der Waals surface area contributed by atoms with Crippen LogP contribution in [0, 0.1) is 0 Å². The molecule has 0 nitrogen and oxygen atoms in total. The van der Waals surface area contributed by atoms with E-state index in [-0.39, 0.29) is 0 Å². The van der Waals surface area contributed by atoms with Crippen molar-refractivity contribution >= 4 is 8.58 Å². The smallest absolute Gasteiger partial charge is 0.0287 e. The summed E-state index contributed by atoms with van der Waals surface area (Å²) in [5, 5.41) is 0. The van der Waals surface area contributed by atoms with Crippen LogP contribution in [0.15, 0.2) is 0 Å². The Bertz CT molecular complexity index is 118. The van der Waals surface area contributed by atoms with E-state index in [0.717, 1.165) is 0 Å². The van der Waals surface area contributed by atoms with Gasteiger partial charge in [-0.3, -0.25) is 0 Å². The highest BCUT2D eigenvalue weighted by Crippen LogP contribution is 2.17. The van der Waals surface area contributed by atoms with Gasteiger partial charge in [0.05, 0.1) is 0 Å². The van der Waals surface area contributed by atoms with Gasteiger partial charge in [-0.1, -0.05) is 93.1 Å². The first kappa shape index (κ1) is 18.4. The van der Waals surface area contributed by atoms with Gasteiger partial charge in [-0.15, -0.1) is 0 Å². The number of hydrogen-bond acceptors (Lipinski definition) is 0. The van der Waals surface area contributed by atoms with Crippen LogP contribution in [0.25, 0.3) is 0 Å². The molecule has 18 heavy (non-hydrogen) atoms. The quantitative estimate of drug-likeness (QED) is 0.221. The van der Waals surface area contributed by atoms with Crippen molar-refractivity contribution in [2.45, 2.75) is 97.3 Å². The Hall–Kier alpha value is 0.430. The highest BCUT2D eigenvalue weighted by molar-refractivity contribution is 7.37. The van der Waals surface area contributed by atoms with Gasteiger partial charge in [-0.2, -0.15) is 0 Å². The summed E-state index contributed by atoms with van der Waals surface area (Å²) in [6.45, 7) is 4.58. The molecule has 1 heteroatoms. The second kappa shape index (κ2) is 17.4. The van der Waals surface area contributed by atoms with Crippen LogP contribution in [0.3, 0.4) is 0 Å². The summed E-state index contributed by atoms with van der Waals surface area (Å²) in [6, 6.07) is 0. The Morgan fingerprint density at radius 1 is 0.444 bits per heavy atom. The Morgan fingerprint density at radius 2 is 0.778 bits per heavy atom. The van der Waals surface area contributed by atoms with Gasteiger partial charge >= 0.3 is 0 Å². The molecule has 0 bridgehead atoms. The summed E-state index contributed by atoms with van der Waals surface area (Å²) in [5.41, 5.74) is 0. The molecule has 0 aromatic heterocycles. The molecule has 0 rings (SSSR count). The van der Waals surface area contributed by atoms with Crippen molar-refractivity contribution in [2.75, 3.05) is 12.3 Å². The highest BCUT2D eigenvalue weighted by Gasteiger charge is 1.93. The van der Waals surface area contributed by atoms with Crippen LogP contribution in [-0.4, -0.2) is 12.3 Å². The van der Waals surface area contributed by atoms with E-state index >= 15 is 0 Å². The zero-order chi connectivity index (χ0) is 13.3. The average Bonchev–Trinajstić information content (AvgIpc) is 2.39. The number of hydrogen-bond donors (Lipinski definition) is 0. The molecule has 0 aliphatic carbocycles. The van der Waals surface area contributed by atoms with E-state index in [1.807, 2.05) is 0 Å². The van der Waals surface area contributed by atoms with E-state index in [2.05, 4.69) is 13.8 Å². The van der Waals surface area contributed by atoms with Crippen molar-refractivity contribution in [3.05, 3.63) is 0 Å². The third kappa shape index (κ3) is 16.4. The maximum Gasteiger partial charge on any atom is -0.0287 e. The van der Waals surface area contributed by atoms with E-state index in [9.17, 15) is 0 Å². The molecule has 0 N–H and O–H groups in total. The maximum absolute atomic E-state index is 2.29. The van der Waals surface area contributed by atoms with Gasteiger partial charge < -0.3 is 0 Å². The fourth-order valence-corrected chi connectivity index (χ4v) is 3.41. The van der Waals surface area contributed by atoms with Gasteiger partial charge in [0.1, 0.15) is 0 Å². The van der Waals surface area contributed by atoms with Crippen LogP contribution in [0.1, 0.15) is 97.3 Å². The van der Waals surface area contributed by atoms with Crippen molar-refractivity contribution in [2.24, 2.45) is 0 Å². The molecule has 0 amide bonds. The monoisotopic (exact) mass is 271 g/mol. The summed E-state index contributed by atoms with van der Waals surface area (Å²) < 4.78 is 0. The molecule has 0 saturated heterocycles. The highest BCUT2D eigenvalue weighted by atomic mass is 31.1. The van der Waals surface area contributed by atoms with Crippen LogP contribution in [-0.2, 0) is 0 Å². The van der Waals surface area contributed by atoms with Crippen molar-refractivity contribution < 1.29 is 0 Å². The Labute approximate surface area is 118 Å². The zero-order valence-electron chi connectivity index (χ0n) is 13.1. The largest absolute Gasteiger partial charge is 0.0810 e. The summed E-state index contributed by atoms with van der Waals surface area (Å²) >= 11 is 0. The molecular weight excluding hydrogens is 235 g/mol. The van der Waals surface area contributed by atoms with Gasteiger partial charge in [0.2, 0.25) is 0 Å². The average molecular weight is 271 g/mol. The van der Waals surface area contributed by atoms with E-state index in [0.29, 0.717) is 0 Å². The second-order valence-corrected chi connectivity index (χ2v) is 6.90.